The van der Waals surface area contributed by atoms with E-state index in [1.165, 1.54) is 19.2 Å². The van der Waals surface area contributed by atoms with Crippen LogP contribution >= 0.6 is 0 Å². The third-order valence-electron chi connectivity index (χ3n) is 3.91. The number of carbonyl (C=O) groups excluding carboxylic acids is 2. The van der Waals surface area contributed by atoms with E-state index in [0.29, 0.717) is 24.2 Å². The minimum atomic E-state index is -0.498. The molecule has 3 rings (SSSR count). The average Bonchev–Trinajstić information content (AvgIpc) is 2.83. The Morgan fingerprint density at radius 3 is 2.95 bits per heavy atom. The zero-order valence-electron chi connectivity index (χ0n) is 10.5. The van der Waals surface area contributed by atoms with Crippen LogP contribution in [0.15, 0.2) is 18.2 Å². The van der Waals surface area contributed by atoms with Crippen LogP contribution in [0.5, 0.6) is 11.5 Å². The lowest BCUT2D eigenvalue weighted by Crippen LogP contribution is -2.39. The number of carbonyl (C=O) groups is 2. The Morgan fingerprint density at radius 1 is 1.42 bits per heavy atom. The fraction of sp³-hybridized carbons (Fsp3) is 0.429. The molecule has 1 aromatic carbocycles. The summed E-state index contributed by atoms with van der Waals surface area (Å²) in [7, 11) is 1.32. The summed E-state index contributed by atoms with van der Waals surface area (Å²) in [6, 6.07) is 4.46. The maximum Gasteiger partial charge on any atom is 0.309 e. The molecule has 0 radical (unpaired) electrons. The average molecular weight is 262 g/mol. The third kappa shape index (κ3) is 1.77. The van der Waals surface area contributed by atoms with Crippen LogP contribution in [0.3, 0.4) is 0 Å². The summed E-state index contributed by atoms with van der Waals surface area (Å²) in [5, 5.41) is 9.47. The molecule has 1 N–H and O–H groups in total. The Balaban J connectivity index is 1.99. The van der Waals surface area contributed by atoms with Crippen molar-refractivity contribution in [3.05, 3.63) is 23.8 Å². The first-order chi connectivity index (χ1) is 9.11. The van der Waals surface area contributed by atoms with Gasteiger partial charge in [0.1, 0.15) is 17.6 Å². The van der Waals surface area contributed by atoms with Crippen LogP contribution in [0.25, 0.3) is 0 Å². The number of esters is 1. The molecule has 0 spiro atoms. The molecule has 19 heavy (non-hydrogen) atoms. The van der Waals surface area contributed by atoms with E-state index in [0.717, 1.165) is 0 Å². The number of methoxy groups -OCH3 is 1. The van der Waals surface area contributed by atoms with Crippen molar-refractivity contribution in [2.75, 3.05) is 7.11 Å². The van der Waals surface area contributed by atoms with Crippen molar-refractivity contribution in [2.45, 2.75) is 18.9 Å². The molecule has 1 aliphatic heterocycles. The normalized spacial score (nSPS) is 28.3. The van der Waals surface area contributed by atoms with Gasteiger partial charge in [-0.25, -0.2) is 0 Å². The summed E-state index contributed by atoms with van der Waals surface area (Å²) in [5.41, 5.74) is 0.344. The number of fused-ring (bicyclic) bond motifs is 2. The van der Waals surface area contributed by atoms with Gasteiger partial charge < -0.3 is 14.6 Å². The molecule has 0 saturated heterocycles. The van der Waals surface area contributed by atoms with Gasteiger partial charge in [0, 0.05) is 0 Å². The first-order valence-corrected chi connectivity index (χ1v) is 6.23. The van der Waals surface area contributed by atoms with Crippen LogP contribution in [0, 0.1) is 11.8 Å². The summed E-state index contributed by atoms with van der Waals surface area (Å²) in [4.78, 5) is 24.2. The van der Waals surface area contributed by atoms with Crippen molar-refractivity contribution >= 4 is 11.8 Å². The Kier molecular flexibility index (Phi) is 2.69. The number of rotatable bonds is 1. The molecule has 1 heterocycles. The molecular weight excluding hydrogens is 248 g/mol. The summed E-state index contributed by atoms with van der Waals surface area (Å²) >= 11 is 0. The second-order valence-electron chi connectivity index (χ2n) is 4.93. The number of phenolic OH excluding ortho intramolecular Hbond substituents is 1. The minimum absolute atomic E-state index is 0.0155. The number of ketones is 1. The summed E-state index contributed by atoms with van der Waals surface area (Å²) in [6.07, 6.45) is 0.984. The molecular formula is C14H14O5. The van der Waals surface area contributed by atoms with E-state index in [-0.39, 0.29) is 23.6 Å². The molecule has 1 aromatic rings. The number of hydrogen-bond donors (Lipinski definition) is 1. The van der Waals surface area contributed by atoms with Crippen molar-refractivity contribution in [2.24, 2.45) is 11.8 Å². The second-order valence-corrected chi connectivity index (χ2v) is 4.93. The Morgan fingerprint density at radius 2 is 2.21 bits per heavy atom. The van der Waals surface area contributed by atoms with Gasteiger partial charge in [0.15, 0.2) is 5.78 Å². The predicted molar refractivity (Wildman–Crippen MR) is 65.1 cm³/mol. The van der Waals surface area contributed by atoms with Gasteiger partial charge >= 0.3 is 5.97 Å². The van der Waals surface area contributed by atoms with Gasteiger partial charge in [-0.15, -0.1) is 0 Å². The summed E-state index contributed by atoms with van der Waals surface area (Å²) < 4.78 is 10.5. The molecule has 0 amide bonds. The fourth-order valence-corrected chi connectivity index (χ4v) is 3.02. The first kappa shape index (κ1) is 12.0. The molecule has 3 atom stereocenters. The van der Waals surface area contributed by atoms with Gasteiger partial charge in [-0.1, -0.05) is 0 Å². The minimum Gasteiger partial charge on any atom is -0.508 e. The maximum absolute atomic E-state index is 12.5. The van der Waals surface area contributed by atoms with E-state index in [9.17, 15) is 14.7 Å². The summed E-state index contributed by atoms with van der Waals surface area (Å²) in [5.74, 6) is -0.959. The van der Waals surface area contributed by atoms with E-state index in [1.807, 2.05) is 0 Å². The lowest BCUT2D eigenvalue weighted by Gasteiger charge is -2.29. The predicted octanol–water partition coefficient (Wildman–Crippen LogP) is 1.54. The molecule has 0 aromatic heterocycles. The number of ether oxygens (including phenoxy) is 2. The number of aromatic hydroxyl groups is 1. The van der Waals surface area contributed by atoms with Gasteiger partial charge in [0.2, 0.25) is 0 Å². The quantitative estimate of drug-likeness (QED) is 0.777. The van der Waals surface area contributed by atoms with Gasteiger partial charge in [0.05, 0.1) is 24.5 Å². The third-order valence-corrected chi connectivity index (χ3v) is 3.91. The number of Topliss-reactive ketones (excluding diaryl/α,β-unsaturated/α-hetero) is 1. The van der Waals surface area contributed by atoms with Crippen molar-refractivity contribution in [1.29, 1.82) is 0 Å². The zero-order chi connectivity index (χ0) is 13.6. The summed E-state index contributed by atoms with van der Waals surface area (Å²) in [6.45, 7) is 0. The van der Waals surface area contributed by atoms with Gasteiger partial charge in [-0.2, -0.15) is 0 Å². The van der Waals surface area contributed by atoms with Crippen molar-refractivity contribution in [1.82, 2.24) is 0 Å². The number of benzene rings is 1. The van der Waals surface area contributed by atoms with Gasteiger partial charge in [0.25, 0.3) is 0 Å². The van der Waals surface area contributed by atoms with E-state index in [1.54, 1.807) is 6.07 Å². The van der Waals surface area contributed by atoms with Crippen molar-refractivity contribution in [3.8, 4) is 11.5 Å². The zero-order valence-corrected chi connectivity index (χ0v) is 10.5. The second kappa shape index (κ2) is 4.26. The standard InChI is InChI=1S/C14H14O5/c1-18-14(17)8-3-5-11-12(8)13(16)9-6-7(15)2-4-10(9)19-11/h2,4,6,8,11-12,15H,3,5H2,1H3/t8-,11-,12+/m1/s1. The van der Waals surface area contributed by atoms with Crippen LogP contribution in [-0.4, -0.2) is 30.1 Å². The van der Waals surface area contributed by atoms with Crippen molar-refractivity contribution < 1.29 is 24.2 Å². The highest BCUT2D eigenvalue weighted by molar-refractivity contribution is 6.04. The Labute approximate surface area is 110 Å². The lowest BCUT2D eigenvalue weighted by atomic mass is 9.85. The van der Waals surface area contributed by atoms with E-state index in [4.69, 9.17) is 9.47 Å². The topological polar surface area (TPSA) is 72.8 Å². The molecule has 2 aliphatic rings. The molecule has 5 nitrogen and oxygen atoms in total. The molecule has 1 aliphatic carbocycles. The molecule has 1 saturated carbocycles. The molecule has 0 unspecified atom stereocenters. The highest BCUT2D eigenvalue weighted by Gasteiger charge is 2.49. The van der Waals surface area contributed by atoms with E-state index >= 15 is 0 Å². The smallest absolute Gasteiger partial charge is 0.309 e. The van der Waals surface area contributed by atoms with Crippen LogP contribution in [0.1, 0.15) is 23.2 Å². The first-order valence-electron chi connectivity index (χ1n) is 6.23. The van der Waals surface area contributed by atoms with Crippen LogP contribution in [0.4, 0.5) is 0 Å². The maximum atomic E-state index is 12.5. The molecule has 1 fully saturated rings. The fourth-order valence-electron chi connectivity index (χ4n) is 3.02. The van der Waals surface area contributed by atoms with Crippen LogP contribution < -0.4 is 4.74 Å². The lowest BCUT2D eigenvalue weighted by molar-refractivity contribution is -0.146. The number of hydrogen-bond acceptors (Lipinski definition) is 5. The highest BCUT2D eigenvalue weighted by Crippen LogP contribution is 2.43. The monoisotopic (exact) mass is 262 g/mol. The molecule has 100 valence electrons. The molecule has 0 bridgehead atoms. The van der Waals surface area contributed by atoms with Crippen LogP contribution in [0.2, 0.25) is 0 Å². The van der Waals surface area contributed by atoms with Gasteiger partial charge in [-0.05, 0) is 31.0 Å². The largest absolute Gasteiger partial charge is 0.508 e. The SMILES string of the molecule is COC(=O)[C@@H]1CC[C@H]2Oc3ccc(O)cc3C(=O)[C@H]21. The van der Waals surface area contributed by atoms with E-state index in [2.05, 4.69) is 0 Å². The van der Waals surface area contributed by atoms with Gasteiger partial charge in [-0.3, -0.25) is 9.59 Å². The Hall–Kier alpha value is -2.04. The number of phenols is 1. The van der Waals surface area contributed by atoms with E-state index < -0.39 is 11.8 Å². The highest BCUT2D eigenvalue weighted by atomic mass is 16.5. The molecule has 5 heteroatoms. The Bertz CT molecular complexity index is 551. The van der Waals surface area contributed by atoms with Crippen LogP contribution in [-0.2, 0) is 9.53 Å². The van der Waals surface area contributed by atoms with Crippen molar-refractivity contribution in [3.63, 3.8) is 0 Å².